The topological polar surface area (TPSA) is 83.6 Å². The Hall–Kier alpha value is -3.29. The van der Waals surface area contributed by atoms with Crippen molar-refractivity contribution in [3.63, 3.8) is 0 Å². The standard InChI is InChI=1S/2C22H29NO2.2ClH.Ti/c2*1-21(2,3)16-12-15(20(24)19(13-16)22(4,5)6)14-23-17-8-10-18(25-7)11-9-17;;;/h2*8-14,24H,1-7H3;2*1H;/q;;;;+2/p-2. The first-order valence-corrected chi connectivity index (χ1v) is 21.8. The Kier molecular flexibility index (Phi) is 16.7. The second kappa shape index (κ2) is 19.3. The molecular formula is C44H58Cl2N2O4Ti. The fraction of sp³-hybridized carbons (Fsp3) is 0.409. The number of aliphatic imine (C=N–C) groups is 2. The van der Waals surface area contributed by atoms with Crippen LogP contribution in [0.3, 0.4) is 0 Å². The predicted octanol–water partition coefficient (Wildman–Crippen LogP) is 12.9. The average Bonchev–Trinajstić information content (AvgIpc) is 3.06. The molecule has 53 heavy (non-hydrogen) atoms. The number of ether oxygens (including phenoxy) is 2. The zero-order valence-electron chi connectivity index (χ0n) is 33.9. The molecule has 2 N–H and O–H groups in total. The monoisotopic (exact) mass is 796 g/mol. The van der Waals surface area contributed by atoms with Crippen LogP contribution in [0.1, 0.15) is 116 Å². The van der Waals surface area contributed by atoms with Gasteiger partial charge < -0.3 is 19.7 Å². The summed E-state index contributed by atoms with van der Waals surface area (Å²) in [5.41, 5.74) is 7.08. The molecule has 0 atom stereocenters. The van der Waals surface area contributed by atoms with E-state index in [4.69, 9.17) is 28.1 Å². The van der Waals surface area contributed by atoms with Gasteiger partial charge in [0.2, 0.25) is 0 Å². The Labute approximate surface area is 335 Å². The van der Waals surface area contributed by atoms with Gasteiger partial charge in [-0.3, -0.25) is 9.98 Å². The molecule has 0 spiro atoms. The maximum absolute atomic E-state index is 10.8. The minimum atomic E-state index is -0.556. The summed E-state index contributed by atoms with van der Waals surface area (Å²) in [7, 11) is 13.1. The van der Waals surface area contributed by atoms with Crippen LogP contribution in [0.2, 0.25) is 0 Å². The van der Waals surface area contributed by atoms with Crippen molar-refractivity contribution in [2.75, 3.05) is 14.2 Å². The summed E-state index contributed by atoms with van der Waals surface area (Å²) in [4.78, 5) is 9.04. The van der Waals surface area contributed by atoms with Gasteiger partial charge in [-0.2, -0.15) is 0 Å². The molecule has 4 rings (SSSR count). The number of benzene rings is 4. The number of phenolic OH excluding ortho intramolecular Hbond substituents is 2. The first-order valence-electron chi connectivity index (χ1n) is 17.5. The van der Waals surface area contributed by atoms with E-state index in [1.54, 1.807) is 26.6 Å². The first-order chi connectivity index (χ1) is 24.5. The van der Waals surface area contributed by atoms with E-state index in [1.165, 1.54) is 11.1 Å². The van der Waals surface area contributed by atoms with Crippen molar-refractivity contribution in [1.29, 1.82) is 0 Å². The number of nitrogens with zero attached hydrogens (tertiary/aromatic N) is 2. The van der Waals surface area contributed by atoms with Crippen molar-refractivity contribution in [3.05, 3.63) is 106 Å². The number of aromatic hydroxyl groups is 2. The van der Waals surface area contributed by atoms with Gasteiger partial charge in [-0.1, -0.05) is 95.2 Å². The van der Waals surface area contributed by atoms with Gasteiger partial charge in [-0.05, 0) is 93.5 Å². The van der Waals surface area contributed by atoms with Crippen molar-refractivity contribution in [2.45, 2.75) is 105 Å². The van der Waals surface area contributed by atoms with E-state index in [0.717, 1.165) is 45.1 Å². The molecule has 0 aliphatic rings. The maximum atomic E-state index is 10.8. The molecular weight excluding hydrogens is 739 g/mol. The quantitative estimate of drug-likeness (QED) is 0.150. The molecule has 0 amide bonds. The third-order valence-electron chi connectivity index (χ3n) is 8.48. The van der Waals surface area contributed by atoms with Gasteiger partial charge in [0, 0.05) is 34.7 Å². The zero-order chi connectivity index (χ0) is 40.4. The van der Waals surface area contributed by atoms with Gasteiger partial charge >= 0.3 is 35.6 Å². The van der Waals surface area contributed by atoms with Crippen LogP contribution in [0.4, 0.5) is 11.4 Å². The Morgan fingerprint density at radius 2 is 0.792 bits per heavy atom. The number of rotatable bonds is 6. The normalized spacial score (nSPS) is 12.2. The van der Waals surface area contributed by atoms with Crippen LogP contribution in [0.5, 0.6) is 23.0 Å². The molecule has 6 nitrogen and oxygen atoms in total. The summed E-state index contributed by atoms with van der Waals surface area (Å²) in [5, 5.41) is 21.5. The summed E-state index contributed by atoms with van der Waals surface area (Å²) < 4.78 is 10.3. The van der Waals surface area contributed by atoms with E-state index in [2.05, 4.69) is 105 Å². The molecule has 0 heterocycles. The molecule has 4 aromatic rings. The molecule has 4 aromatic carbocycles. The van der Waals surface area contributed by atoms with Crippen molar-refractivity contribution in [1.82, 2.24) is 0 Å². The number of halogens is 2. The second-order valence-corrected chi connectivity index (χ2v) is 19.5. The molecule has 0 bridgehead atoms. The van der Waals surface area contributed by atoms with E-state index in [-0.39, 0.29) is 21.7 Å². The molecule has 0 fully saturated rings. The van der Waals surface area contributed by atoms with Crippen LogP contribution < -0.4 is 9.47 Å². The summed E-state index contributed by atoms with van der Waals surface area (Å²) in [5.74, 6) is 2.20. The van der Waals surface area contributed by atoms with Crippen LogP contribution in [-0.4, -0.2) is 36.9 Å². The van der Waals surface area contributed by atoms with Crippen LogP contribution in [0, 0.1) is 0 Å². The van der Waals surface area contributed by atoms with E-state index in [9.17, 15) is 10.2 Å². The van der Waals surface area contributed by atoms with Gasteiger partial charge in [0.15, 0.2) is 0 Å². The third kappa shape index (κ3) is 14.1. The van der Waals surface area contributed by atoms with E-state index >= 15 is 0 Å². The molecule has 0 saturated heterocycles. The van der Waals surface area contributed by atoms with Crippen molar-refractivity contribution < 1.29 is 36.7 Å². The molecule has 0 saturated carbocycles. The number of hydrogen-bond donors (Lipinski definition) is 2. The zero-order valence-corrected chi connectivity index (χ0v) is 37.0. The van der Waals surface area contributed by atoms with Crippen LogP contribution in [-0.2, 0) is 38.7 Å². The number of methoxy groups -OCH3 is 2. The summed E-state index contributed by atoms with van der Waals surface area (Å²) in [6.45, 7) is 25.7. The van der Waals surface area contributed by atoms with E-state index in [1.807, 2.05) is 60.7 Å². The van der Waals surface area contributed by atoms with E-state index in [0.29, 0.717) is 11.5 Å². The predicted molar refractivity (Wildman–Crippen MR) is 223 cm³/mol. The average molecular weight is 798 g/mol. The van der Waals surface area contributed by atoms with Crippen molar-refractivity contribution >= 4 is 42.4 Å². The Balaban J connectivity index is 0.000000341. The molecule has 0 aliphatic carbocycles. The molecule has 0 aromatic heterocycles. The molecule has 0 radical (unpaired) electrons. The second-order valence-electron chi connectivity index (χ2n) is 16.9. The number of phenols is 2. The fourth-order valence-electron chi connectivity index (χ4n) is 5.14. The molecule has 0 aliphatic heterocycles. The Bertz CT molecular complexity index is 1690. The molecule has 0 unspecified atom stereocenters. The first kappa shape index (κ1) is 45.9. The Morgan fingerprint density at radius 1 is 0.509 bits per heavy atom. The summed E-state index contributed by atoms with van der Waals surface area (Å²) in [6.07, 6.45) is 3.48. The summed E-state index contributed by atoms with van der Waals surface area (Å²) >= 11 is -0.556. The number of hydrogen-bond acceptors (Lipinski definition) is 6. The van der Waals surface area contributed by atoms with E-state index < -0.39 is 17.0 Å². The third-order valence-corrected chi connectivity index (χ3v) is 8.48. The fourth-order valence-corrected chi connectivity index (χ4v) is 5.14. The summed E-state index contributed by atoms with van der Waals surface area (Å²) in [6, 6.07) is 23.3. The molecule has 9 heteroatoms. The minimum absolute atomic E-state index is 0.00357. The molecule has 286 valence electrons. The van der Waals surface area contributed by atoms with Crippen molar-refractivity contribution in [3.8, 4) is 23.0 Å². The van der Waals surface area contributed by atoms with Gasteiger partial charge in [0.25, 0.3) is 0 Å². The van der Waals surface area contributed by atoms with Crippen LogP contribution in [0.25, 0.3) is 0 Å². The van der Waals surface area contributed by atoms with Crippen LogP contribution >= 0.6 is 18.6 Å². The Morgan fingerprint density at radius 3 is 1.02 bits per heavy atom. The van der Waals surface area contributed by atoms with Crippen LogP contribution in [0.15, 0.2) is 82.8 Å². The SMILES string of the molecule is COc1ccc(N=Cc2cc(C(C)(C)C)cc(C(C)(C)C)c2O)cc1.COc1ccc(N=Cc2cc(C(C)(C)C)cc(C(C)(C)C)c2O)cc1.[Cl][Ti][Cl]. The van der Waals surface area contributed by atoms with Crippen molar-refractivity contribution in [2.24, 2.45) is 9.98 Å². The van der Waals surface area contributed by atoms with Gasteiger partial charge in [0.05, 0.1) is 25.6 Å². The van der Waals surface area contributed by atoms with Gasteiger partial charge in [0.1, 0.15) is 23.0 Å². The van der Waals surface area contributed by atoms with Gasteiger partial charge in [-0.15, -0.1) is 0 Å². The van der Waals surface area contributed by atoms with Gasteiger partial charge in [-0.25, -0.2) is 0 Å².